The highest BCUT2D eigenvalue weighted by atomic mass is 19.1. The molecule has 0 bridgehead atoms. The summed E-state index contributed by atoms with van der Waals surface area (Å²) in [6, 6.07) is 6.43. The second kappa shape index (κ2) is 7.51. The van der Waals surface area contributed by atoms with E-state index in [1.807, 2.05) is 4.90 Å². The second-order valence-corrected chi connectivity index (χ2v) is 7.16. The zero-order valence-corrected chi connectivity index (χ0v) is 14.2. The van der Waals surface area contributed by atoms with Crippen LogP contribution in [0.2, 0.25) is 0 Å². The van der Waals surface area contributed by atoms with Gasteiger partial charge in [0.05, 0.1) is 6.10 Å². The van der Waals surface area contributed by atoms with Crippen LogP contribution in [0.25, 0.3) is 0 Å². The third-order valence-electron chi connectivity index (χ3n) is 5.38. The molecule has 2 amide bonds. The molecule has 4 nitrogen and oxygen atoms in total. The number of nitrogens with zero attached hydrogens (tertiary/aromatic N) is 1. The fourth-order valence-electron chi connectivity index (χ4n) is 3.71. The van der Waals surface area contributed by atoms with Gasteiger partial charge in [-0.3, -0.25) is 0 Å². The van der Waals surface area contributed by atoms with Gasteiger partial charge < -0.3 is 15.3 Å². The number of aliphatic hydroxyl groups excluding tert-OH is 1. The minimum absolute atomic E-state index is 0.0355. The van der Waals surface area contributed by atoms with Crippen molar-refractivity contribution in [2.75, 3.05) is 13.1 Å². The highest BCUT2D eigenvalue weighted by Gasteiger charge is 2.38. The zero-order chi connectivity index (χ0) is 17.1. The van der Waals surface area contributed by atoms with Crippen molar-refractivity contribution < 1.29 is 14.3 Å². The highest BCUT2D eigenvalue weighted by Crippen LogP contribution is 2.35. The van der Waals surface area contributed by atoms with E-state index in [0.717, 1.165) is 24.8 Å². The van der Waals surface area contributed by atoms with E-state index in [-0.39, 0.29) is 17.8 Å². The van der Waals surface area contributed by atoms with Crippen molar-refractivity contribution in [2.24, 2.45) is 11.8 Å². The Morgan fingerprint density at radius 2 is 2.00 bits per heavy atom. The van der Waals surface area contributed by atoms with E-state index in [4.69, 9.17) is 0 Å². The third-order valence-corrected chi connectivity index (χ3v) is 5.38. The topological polar surface area (TPSA) is 52.6 Å². The van der Waals surface area contributed by atoms with Gasteiger partial charge in [-0.2, -0.15) is 0 Å². The third kappa shape index (κ3) is 4.07. The van der Waals surface area contributed by atoms with Crippen LogP contribution in [-0.2, 0) is 0 Å². The number of hydrogen-bond donors (Lipinski definition) is 2. The Labute approximate surface area is 143 Å². The van der Waals surface area contributed by atoms with Crippen LogP contribution in [0.1, 0.15) is 50.7 Å². The van der Waals surface area contributed by atoms with Crippen molar-refractivity contribution in [1.29, 1.82) is 0 Å². The Morgan fingerprint density at radius 3 is 2.62 bits per heavy atom. The van der Waals surface area contributed by atoms with Gasteiger partial charge in [-0.25, -0.2) is 9.18 Å². The van der Waals surface area contributed by atoms with Crippen molar-refractivity contribution in [1.82, 2.24) is 10.2 Å². The number of benzene rings is 1. The predicted octanol–water partition coefficient (Wildman–Crippen LogP) is 3.47. The van der Waals surface area contributed by atoms with Crippen molar-refractivity contribution in [3.8, 4) is 0 Å². The molecule has 3 atom stereocenters. The summed E-state index contributed by atoms with van der Waals surface area (Å²) in [5.41, 5.74) is 0.750. The molecule has 1 aliphatic carbocycles. The average Bonchev–Trinajstić information content (AvgIpc) is 3.33. The van der Waals surface area contributed by atoms with Crippen molar-refractivity contribution in [2.45, 2.75) is 51.2 Å². The fraction of sp³-hybridized carbons (Fsp3) is 0.632. The Kier molecular flexibility index (Phi) is 5.39. The lowest BCUT2D eigenvalue weighted by Crippen LogP contribution is -2.46. The summed E-state index contributed by atoms with van der Waals surface area (Å²) in [5, 5.41) is 13.6. The number of rotatable bonds is 5. The van der Waals surface area contributed by atoms with Gasteiger partial charge in [-0.05, 0) is 55.2 Å². The van der Waals surface area contributed by atoms with Crippen LogP contribution in [0.5, 0.6) is 0 Å². The molecular weight excluding hydrogens is 307 g/mol. The minimum Gasteiger partial charge on any atom is -0.388 e. The molecule has 3 rings (SSSR count). The molecule has 1 saturated carbocycles. The average molecular weight is 334 g/mol. The molecule has 1 aromatic rings. The molecule has 2 fully saturated rings. The Hall–Kier alpha value is -1.62. The van der Waals surface area contributed by atoms with Gasteiger partial charge in [0.25, 0.3) is 0 Å². The van der Waals surface area contributed by atoms with E-state index in [9.17, 15) is 14.3 Å². The lowest BCUT2D eigenvalue weighted by molar-refractivity contribution is 0.0664. The van der Waals surface area contributed by atoms with Crippen LogP contribution < -0.4 is 5.32 Å². The number of piperidine rings is 1. The van der Waals surface area contributed by atoms with Gasteiger partial charge in [0.2, 0.25) is 0 Å². The molecule has 132 valence electrons. The van der Waals surface area contributed by atoms with E-state index in [0.29, 0.717) is 25.0 Å². The molecule has 3 unspecified atom stereocenters. The number of aliphatic hydroxyl groups is 1. The molecular formula is C19H27FN2O2. The first-order chi connectivity index (χ1) is 11.6. The van der Waals surface area contributed by atoms with Crippen LogP contribution in [0.15, 0.2) is 24.3 Å². The van der Waals surface area contributed by atoms with E-state index in [2.05, 4.69) is 12.2 Å². The molecule has 1 saturated heterocycles. The summed E-state index contributed by atoms with van der Waals surface area (Å²) in [7, 11) is 0. The number of carbonyl (C=O) groups is 1. The van der Waals surface area contributed by atoms with E-state index in [1.165, 1.54) is 25.0 Å². The molecule has 0 radical (unpaired) electrons. The SMILES string of the molecule is CCCC1CC1NC(=O)N1CCC(C(O)c2ccc(F)cc2)CC1. The number of hydrogen-bond acceptors (Lipinski definition) is 2. The van der Waals surface area contributed by atoms with Crippen molar-refractivity contribution in [3.63, 3.8) is 0 Å². The highest BCUT2D eigenvalue weighted by molar-refractivity contribution is 5.75. The summed E-state index contributed by atoms with van der Waals surface area (Å²) < 4.78 is 13.0. The number of carbonyl (C=O) groups excluding carboxylic acids is 1. The first-order valence-corrected chi connectivity index (χ1v) is 9.07. The van der Waals surface area contributed by atoms with E-state index >= 15 is 0 Å². The van der Waals surface area contributed by atoms with Crippen LogP contribution in [0, 0.1) is 17.7 Å². The number of nitrogens with one attached hydrogen (secondary N) is 1. The molecule has 2 aliphatic rings. The van der Waals surface area contributed by atoms with Gasteiger partial charge in [-0.15, -0.1) is 0 Å². The van der Waals surface area contributed by atoms with Gasteiger partial charge >= 0.3 is 6.03 Å². The maximum atomic E-state index is 13.0. The monoisotopic (exact) mass is 334 g/mol. The smallest absolute Gasteiger partial charge is 0.317 e. The number of likely N-dealkylation sites (tertiary alicyclic amines) is 1. The molecule has 1 aromatic carbocycles. The minimum atomic E-state index is -0.590. The summed E-state index contributed by atoms with van der Waals surface area (Å²) in [5.74, 6) is 0.490. The van der Waals surface area contributed by atoms with Gasteiger partial charge in [0, 0.05) is 19.1 Å². The molecule has 0 spiro atoms. The second-order valence-electron chi connectivity index (χ2n) is 7.16. The van der Waals surface area contributed by atoms with Gasteiger partial charge in [0.15, 0.2) is 0 Å². The number of halogens is 1. The summed E-state index contributed by atoms with van der Waals surface area (Å²) in [4.78, 5) is 14.1. The van der Waals surface area contributed by atoms with Crippen LogP contribution in [0.3, 0.4) is 0 Å². The zero-order valence-electron chi connectivity index (χ0n) is 14.2. The van der Waals surface area contributed by atoms with Crippen LogP contribution in [-0.4, -0.2) is 35.2 Å². The van der Waals surface area contributed by atoms with E-state index in [1.54, 1.807) is 12.1 Å². The summed E-state index contributed by atoms with van der Waals surface area (Å²) in [6.07, 6.45) is 4.43. The van der Waals surface area contributed by atoms with Gasteiger partial charge in [0.1, 0.15) is 5.82 Å². The Balaban J connectivity index is 1.45. The standard InChI is InChI=1S/C19H27FN2O2/c1-2-3-15-12-17(15)21-19(24)22-10-8-14(9-11-22)18(23)13-4-6-16(20)7-5-13/h4-7,14-15,17-18,23H,2-3,8-12H2,1H3,(H,21,24). The molecule has 5 heteroatoms. The lowest BCUT2D eigenvalue weighted by Gasteiger charge is -2.34. The number of urea groups is 1. The largest absolute Gasteiger partial charge is 0.388 e. The molecule has 24 heavy (non-hydrogen) atoms. The van der Waals surface area contributed by atoms with Crippen molar-refractivity contribution >= 4 is 6.03 Å². The molecule has 1 heterocycles. The maximum absolute atomic E-state index is 13.0. The lowest BCUT2D eigenvalue weighted by atomic mass is 9.87. The first kappa shape index (κ1) is 17.2. The summed E-state index contributed by atoms with van der Waals surface area (Å²) in [6.45, 7) is 3.51. The first-order valence-electron chi connectivity index (χ1n) is 9.07. The molecule has 2 N–H and O–H groups in total. The number of amides is 2. The quantitative estimate of drug-likeness (QED) is 0.866. The Morgan fingerprint density at radius 1 is 1.33 bits per heavy atom. The predicted molar refractivity (Wildman–Crippen MR) is 91.0 cm³/mol. The molecule has 1 aliphatic heterocycles. The fourth-order valence-corrected chi connectivity index (χ4v) is 3.71. The Bertz CT molecular complexity index is 555. The maximum Gasteiger partial charge on any atom is 0.317 e. The molecule has 0 aromatic heterocycles. The van der Waals surface area contributed by atoms with Gasteiger partial charge in [-0.1, -0.05) is 25.5 Å². The normalized spacial score (nSPS) is 25.4. The van der Waals surface area contributed by atoms with Crippen LogP contribution in [0.4, 0.5) is 9.18 Å². The summed E-state index contributed by atoms with van der Waals surface area (Å²) >= 11 is 0. The van der Waals surface area contributed by atoms with Crippen LogP contribution >= 0.6 is 0 Å². The van der Waals surface area contributed by atoms with E-state index < -0.39 is 6.10 Å². The van der Waals surface area contributed by atoms with Crippen molar-refractivity contribution in [3.05, 3.63) is 35.6 Å².